The fourth-order valence-electron chi connectivity index (χ4n) is 0.286. The summed E-state index contributed by atoms with van der Waals surface area (Å²) in [6.45, 7) is 3.02. The van der Waals surface area contributed by atoms with Crippen LogP contribution in [-0.2, 0) is 9.36 Å². The number of ketones is 1. The van der Waals surface area contributed by atoms with E-state index in [1.165, 1.54) is 0 Å². The van der Waals surface area contributed by atoms with Crippen molar-refractivity contribution >= 4 is 13.4 Å². The molecule has 0 radical (unpaired) electrons. The minimum atomic E-state index is -4.47. The van der Waals surface area contributed by atoms with Crippen LogP contribution in [0, 0.1) is 0 Å². The molecular weight excluding hydrogens is 157 g/mol. The van der Waals surface area contributed by atoms with Crippen LogP contribution in [0.15, 0.2) is 12.7 Å². The highest BCUT2D eigenvalue weighted by Gasteiger charge is 2.29. The topological polar surface area (TPSA) is 101 Å². The van der Waals surface area contributed by atoms with E-state index in [0.29, 0.717) is 0 Å². The predicted molar refractivity (Wildman–Crippen MR) is 35.2 cm³/mol. The fourth-order valence-corrected chi connectivity index (χ4v) is 0.723. The molecule has 0 aliphatic carbocycles. The van der Waals surface area contributed by atoms with Crippen LogP contribution in [0.3, 0.4) is 0 Å². The van der Waals surface area contributed by atoms with Gasteiger partial charge in [-0.1, -0.05) is 6.58 Å². The number of nitrogens with two attached hydrogens (primary N) is 1. The molecule has 0 bridgehead atoms. The second-order valence-corrected chi connectivity index (χ2v) is 3.37. The zero-order valence-corrected chi connectivity index (χ0v) is 5.99. The van der Waals surface area contributed by atoms with Crippen LogP contribution in [0.2, 0.25) is 0 Å². The second kappa shape index (κ2) is 3.07. The molecule has 0 aromatic rings. The zero-order chi connectivity index (χ0) is 8.36. The highest BCUT2D eigenvalue weighted by atomic mass is 31.2. The lowest BCUT2D eigenvalue weighted by molar-refractivity contribution is -0.114. The van der Waals surface area contributed by atoms with Gasteiger partial charge < -0.3 is 15.5 Å². The van der Waals surface area contributed by atoms with Crippen LogP contribution in [-0.4, -0.2) is 21.4 Å². The summed E-state index contributed by atoms with van der Waals surface area (Å²) in [4.78, 5) is 27.0. The molecule has 0 saturated heterocycles. The van der Waals surface area contributed by atoms with Crippen molar-refractivity contribution in [1.82, 2.24) is 0 Å². The first-order valence-corrected chi connectivity index (χ1v) is 4.05. The monoisotopic (exact) mass is 165 g/mol. The Bertz CT molecular complexity index is 195. The molecule has 0 amide bonds. The van der Waals surface area contributed by atoms with Gasteiger partial charge in [0, 0.05) is 0 Å². The van der Waals surface area contributed by atoms with E-state index < -0.39 is 19.2 Å². The number of rotatable bonds is 3. The van der Waals surface area contributed by atoms with Crippen molar-refractivity contribution in [2.75, 3.05) is 0 Å². The smallest absolute Gasteiger partial charge is 0.323 e. The van der Waals surface area contributed by atoms with Gasteiger partial charge in [-0.25, -0.2) is 0 Å². The van der Waals surface area contributed by atoms with E-state index in [2.05, 4.69) is 6.58 Å². The van der Waals surface area contributed by atoms with Crippen LogP contribution in [0.4, 0.5) is 0 Å². The van der Waals surface area contributed by atoms with Gasteiger partial charge in [0.15, 0.2) is 11.6 Å². The minimum absolute atomic E-state index is 0.782. The molecule has 58 valence electrons. The number of carbonyl (C=O) groups is 1. The van der Waals surface area contributed by atoms with Gasteiger partial charge in [0.2, 0.25) is 0 Å². The van der Waals surface area contributed by atoms with Crippen LogP contribution in [0.5, 0.6) is 0 Å². The van der Waals surface area contributed by atoms with E-state index in [-0.39, 0.29) is 0 Å². The lowest BCUT2D eigenvalue weighted by Gasteiger charge is -2.08. The van der Waals surface area contributed by atoms with Gasteiger partial charge >= 0.3 is 7.60 Å². The molecule has 0 aliphatic heterocycles. The summed E-state index contributed by atoms with van der Waals surface area (Å²) in [6, 6.07) is 0. The Labute approximate surface area is 57.7 Å². The maximum absolute atomic E-state index is 10.4. The summed E-state index contributed by atoms with van der Waals surface area (Å²) in [5.41, 5.74) is 4.82. The van der Waals surface area contributed by atoms with Crippen LogP contribution < -0.4 is 5.73 Å². The van der Waals surface area contributed by atoms with Crippen molar-refractivity contribution in [3.63, 3.8) is 0 Å². The Kier molecular flexibility index (Phi) is 2.93. The first-order valence-electron chi connectivity index (χ1n) is 2.36. The zero-order valence-electron chi connectivity index (χ0n) is 5.10. The summed E-state index contributed by atoms with van der Waals surface area (Å²) in [6.07, 6.45) is 0.782. The average Bonchev–Trinajstić information content (AvgIpc) is 1.83. The van der Waals surface area contributed by atoms with E-state index in [1.807, 2.05) is 0 Å². The molecule has 0 aromatic heterocycles. The van der Waals surface area contributed by atoms with Crippen molar-refractivity contribution in [2.24, 2.45) is 5.73 Å². The summed E-state index contributed by atoms with van der Waals surface area (Å²) in [5, 5.41) is 0. The Morgan fingerprint density at radius 2 is 2.10 bits per heavy atom. The van der Waals surface area contributed by atoms with E-state index in [0.717, 1.165) is 6.08 Å². The van der Waals surface area contributed by atoms with Crippen LogP contribution in [0.25, 0.3) is 0 Å². The quantitative estimate of drug-likeness (QED) is 0.375. The maximum atomic E-state index is 10.4. The first kappa shape index (κ1) is 9.52. The SMILES string of the molecule is C=CC(=O)C(N)P(=O)(O)O. The molecule has 5 nitrogen and oxygen atoms in total. The number of carbonyl (C=O) groups excluding carboxylic acids is 1. The second-order valence-electron chi connectivity index (χ2n) is 1.64. The molecule has 6 heteroatoms. The Morgan fingerprint density at radius 3 is 2.20 bits per heavy atom. The van der Waals surface area contributed by atoms with Crippen molar-refractivity contribution < 1.29 is 19.1 Å². The molecule has 0 fully saturated rings. The first-order chi connectivity index (χ1) is 4.39. The molecule has 0 rings (SSSR count). The maximum Gasteiger partial charge on any atom is 0.350 e. The largest absolute Gasteiger partial charge is 0.350 e. The van der Waals surface area contributed by atoms with Gasteiger partial charge in [0.25, 0.3) is 0 Å². The molecule has 1 atom stereocenters. The molecule has 0 heterocycles. The van der Waals surface area contributed by atoms with Gasteiger partial charge in [0.05, 0.1) is 0 Å². The average molecular weight is 165 g/mol. The van der Waals surface area contributed by atoms with E-state index in [4.69, 9.17) is 15.5 Å². The van der Waals surface area contributed by atoms with E-state index >= 15 is 0 Å². The lowest BCUT2D eigenvalue weighted by atomic mass is 10.4. The third-order valence-corrected chi connectivity index (χ3v) is 1.83. The summed E-state index contributed by atoms with van der Waals surface area (Å²) >= 11 is 0. The Morgan fingerprint density at radius 1 is 1.70 bits per heavy atom. The van der Waals surface area contributed by atoms with Gasteiger partial charge in [0.1, 0.15) is 0 Å². The summed E-state index contributed by atoms with van der Waals surface area (Å²) in [7, 11) is -4.47. The molecule has 0 saturated carbocycles. The van der Waals surface area contributed by atoms with Gasteiger partial charge in [-0.15, -0.1) is 0 Å². The molecule has 4 N–H and O–H groups in total. The minimum Gasteiger partial charge on any atom is -0.323 e. The van der Waals surface area contributed by atoms with Gasteiger partial charge in [-0.05, 0) is 6.08 Å². The molecule has 0 aromatic carbocycles. The van der Waals surface area contributed by atoms with Crippen molar-refractivity contribution in [3.05, 3.63) is 12.7 Å². The summed E-state index contributed by atoms with van der Waals surface area (Å²) < 4.78 is 10.2. The van der Waals surface area contributed by atoms with Gasteiger partial charge in [-0.2, -0.15) is 0 Å². The molecule has 10 heavy (non-hydrogen) atoms. The predicted octanol–water partition coefficient (Wildman–Crippen LogP) is -0.796. The highest BCUT2D eigenvalue weighted by Crippen LogP contribution is 2.38. The molecule has 1 unspecified atom stereocenters. The van der Waals surface area contributed by atoms with Crippen LogP contribution in [0.1, 0.15) is 0 Å². The van der Waals surface area contributed by atoms with E-state index in [1.54, 1.807) is 0 Å². The number of hydrogen-bond acceptors (Lipinski definition) is 3. The third-order valence-electron chi connectivity index (χ3n) is 0.855. The van der Waals surface area contributed by atoms with Gasteiger partial charge in [-0.3, -0.25) is 9.36 Å². The number of hydrogen-bond donors (Lipinski definition) is 3. The summed E-state index contributed by atoms with van der Waals surface area (Å²) in [5.74, 6) is -2.61. The Hall–Kier alpha value is -0.480. The molecule has 0 aliphatic rings. The third kappa shape index (κ3) is 2.41. The van der Waals surface area contributed by atoms with Crippen molar-refractivity contribution in [1.29, 1.82) is 0 Å². The Balaban J connectivity index is 4.37. The molecular formula is C4H8NO4P. The van der Waals surface area contributed by atoms with Crippen molar-refractivity contribution in [3.8, 4) is 0 Å². The van der Waals surface area contributed by atoms with Crippen molar-refractivity contribution in [2.45, 2.75) is 5.78 Å². The van der Waals surface area contributed by atoms with E-state index in [9.17, 15) is 9.36 Å². The highest BCUT2D eigenvalue weighted by molar-refractivity contribution is 7.53. The fraction of sp³-hybridized carbons (Fsp3) is 0.250. The lowest BCUT2D eigenvalue weighted by Crippen LogP contribution is -2.28. The van der Waals surface area contributed by atoms with Crippen LogP contribution >= 0.6 is 7.60 Å². The standard InChI is InChI=1S/C4H8NO4P/c1-2-3(6)4(5)10(7,8)9/h2,4H,1,5H2,(H2,7,8,9). The molecule has 0 spiro atoms. The normalized spacial score (nSPS) is 14.3.